The Morgan fingerprint density at radius 2 is 1.16 bits per heavy atom. The lowest BCUT2D eigenvalue weighted by Gasteiger charge is -2.30. The number of nitrogens with one attached hydrogen (secondary N) is 5. The molecule has 0 spiro atoms. The first kappa shape index (κ1) is 49.5. The van der Waals surface area contributed by atoms with E-state index < -0.39 is 139 Å². The Morgan fingerprint density at radius 3 is 1.63 bits per heavy atom. The number of aliphatic carboxylic acids is 1. The molecule has 0 aromatic heterocycles. The van der Waals surface area contributed by atoms with E-state index in [9.17, 15) is 57.8 Å². The van der Waals surface area contributed by atoms with Crippen molar-refractivity contribution in [1.29, 1.82) is 0 Å². The van der Waals surface area contributed by atoms with Crippen molar-refractivity contribution in [2.45, 2.75) is 114 Å². The summed E-state index contributed by atoms with van der Waals surface area (Å²) in [5.74, 6) is -10.8. The second-order valence-corrected chi connectivity index (χ2v) is 14.9. The van der Waals surface area contributed by atoms with Crippen molar-refractivity contribution in [2.75, 3.05) is 18.6 Å². The molecule has 0 aliphatic carbocycles. The molecule has 24 heteroatoms. The number of amides is 10. The number of carbonyl (C=O) groups is 11. The van der Waals surface area contributed by atoms with Crippen LogP contribution in [0.1, 0.15) is 71.6 Å². The molecule has 1 aliphatic heterocycles. The minimum Gasteiger partial charge on any atom is -0.480 e. The molecule has 16 N–H and O–H groups in total. The number of primary amides is 4. The Labute approximate surface area is 332 Å². The summed E-state index contributed by atoms with van der Waals surface area (Å²) in [4.78, 5) is 140. The Hall–Kier alpha value is -5.52. The highest BCUT2D eigenvalue weighted by atomic mass is 32.2. The second kappa shape index (κ2) is 24.2. The van der Waals surface area contributed by atoms with Gasteiger partial charge in [-0.1, -0.05) is 13.8 Å². The van der Waals surface area contributed by atoms with Gasteiger partial charge in [0.25, 0.3) is 0 Å². The number of carbonyl (C=O) groups excluding carboxylic acids is 10. The van der Waals surface area contributed by atoms with Gasteiger partial charge in [-0.05, 0) is 50.0 Å². The Bertz CT molecular complexity index is 1530. The Kier molecular flexibility index (Phi) is 21.0. The maximum atomic E-state index is 13.9. The molecule has 1 aliphatic rings. The van der Waals surface area contributed by atoms with E-state index in [0.717, 1.165) is 0 Å². The van der Waals surface area contributed by atoms with E-state index >= 15 is 0 Å². The molecule has 1 rings (SSSR count). The first-order chi connectivity index (χ1) is 26.6. The van der Waals surface area contributed by atoms with Crippen LogP contribution in [0.15, 0.2) is 0 Å². The van der Waals surface area contributed by atoms with E-state index in [1.165, 1.54) is 16.7 Å². The average Bonchev–Trinajstić information content (AvgIpc) is 3.59. The monoisotopic (exact) mass is 829 g/mol. The lowest BCUT2D eigenvalue weighted by Crippen LogP contribution is -2.60. The summed E-state index contributed by atoms with van der Waals surface area (Å²) >= 11 is 1.33. The van der Waals surface area contributed by atoms with Crippen LogP contribution in [-0.4, -0.2) is 136 Å². The summed E-state index contributed by atoms with van der Waals surface area (Å²) in [6.07, 6.45) is -0.675. The molecule has 10 amide bonds. The minimum atomic E-state index is -1.76. The number of nitrogens with zero attached hydrogens (tertiary/aromatic N) is 1. The molecule has 57 heavy (non-hydrogen) atoms. The number of thioether (sulfide) groups is 1. The van der Waals surface area contributed by atoms with Crippen LogP contribution in [-0.2, 0) is 52.7 Å². The molecule has 0 unspecified atom stereocenters. The molecule has 23 nitrogen and oxygen atoms in total. The van der Waals surface area contributed by atoms with Gasteiger partial charge in [0, 0.05) is 13.0 Å². The quantitative estimate of drug-likeness (QED) is 0.0388. The van der Waals surface area contributed by atoms with Gasteiger partial charge in [0.05, 0.1) is 25.3 Å². The van der Waals surface area contributed by atoms with Crippen molar-refractivity contribution in [1.82, 2.24) is 31.5 Å². The normalized spacial score (nSPS) is 16.8. The van der Waals surface area contributed by atoms with Gasteiger partial charge in [0.2, 0.25) is 59.1 Å². The van der Waals surface area contributed by atoms with Gasteiger partial charge in [-0.3, -0.25) is 47.9 Å². The molecule has 1 saturated heterocycles. The van der Waals surface area contributed by atoms with Crippen molar-refractivity contribution >= 4 is 76.8 Å². The van der Waals surface area contributed by atoms with Gasteiger partial charge in [0.1, 0.15) is 36.3 Å². The van der Waals surface area contributed by atoms with Gasteiger partial charge < -0.3 is 65.3 Å². The van der Waals surface area contributed by atoms with Crippen LogP contribution in [0.2, 0.25) is 0 Å². The highest BCUT2D eigenvalue weighted by Crippen LogP contribution is 2.21. The molecule has 0 aromatic rings. The number of likely N-dealkylation sites (tertiary alicyclic amines) is 1. The first-order valence-electron chi connectivity index (χ1n) is 18.0. The highest BCUT2D eigenvalue weighted by Gasteiger charge is 2.40. The average molecular weight is 830 g/mol. The fraction of sp³-hybridized carbons (Fsp3) is 0.667. The van der Waals surface area contributed by atoms with Crippen molar-refractivity contribution in [3.8, 4) is 0 Å². The maximum Gasteiger partial charge on any atom is 0.326 e. The van der Waals surface area contributed by atoms with E-state index in [4.69, 9.17) is 28.7 Å². The van der Waals surface area contributed by atoms with Crippen LogP contribution >= 0.6 is 11.8 Å². The van der Waals surface area contributed by atoms with Gasteiger partial charge in [-0.25, -0.2) is 4.79 Å². The highest BCUT2D eigenvalue weighted by molar-refractivity contribution is 7.98. The van der Waals surface area contributed by atoms with E-state index in [0.29, 0.717) is 12.2 Å². The van der Waals surface area contributed by atoms with Crippen LogP contribution in [0.25, 0.3) is 0 Å². The summed E-state index contributed by atoms with van der Waals surface area (Å²) < 4.78 is 0. The molecular weight excluding hydrogens is 774 g/mol. The molecule has 0 radical (unpaired) electrons. The third-order valence-corrected chi connectivity index (χ3v) is 9.18. The zero-order valence-corrected chi connectivity index (χ0v) is 32.9. The smallest absolute Gasteiger partial charge is 0.326 e. The van der Waals surface area contributed by atoms with Gasteiger partial charge in [-0.15, -0.1) is 0 Å². The number of nitrogens with two attached hydrogens (primary N) is 5. The molecule has 0 saturated carbocycles. The van der Waals surface area contributed by atoms with Crippen LogP contribution in [0.3, 0.4) is 0 Å². The third-order valence-electron chi connectivity index (χ3n) is 8.53. The van der Waals surface area contributed by atoms with Gasteiger partial charge in [-0.2, -0.15) is 11.8 Å². The molecule has 7 atom stereocenters. The minimum absolute atomic E-state index is 0.0340. The van der Waals surface area contributed by atoms with Crippen molar-refractivity contribution in [2.24, 2.45) is 34.6 Å². The van der Waals surface area contributed by atoms with Gasteiger partial charge in [0.15, 0.2) is 0 Å². The van der Waals surface area contributed by atoms with Crippen molar-refractivity contribution in [3.05, 3.63) is 0 Å². The van der Waals surface area contributed by atoms with Crippen LogP contribution < -0.4 is 55.3 Å². The van der Waals surface area contributed by atoms with Crippen LogP contribution in [0.5, 0.6) is 0 Å². The summed E-state index contributed by atoms with van der Waals surface area (Å²) in [7, 11) is 0. The molecule has 0 bridgehead atoms. The maximum absolute atomic E-state index is 13.9. The Morgan fingerprint density at radius 1 is 0.667 bits per heavy atom. The lowest BCUT2D eigenvalue weighted by molar-refractivity contribution is -0.145. The Balaban J connectivity index is 3.33. The summed E-state index contributed by atoms with van der Waals surface area (Å²) in [6, 6.07) is -10.2. The van der Waals surface area contributed by atoms with Crippen LogP contribution in [0, 0.1) is 5.92 Å². The SMILES string of the molecule is CSCC[C@H](NC(=O)[C@H](CC(N)=O)NC(=O)[C@H](CCC(N)=O)NC(=O)[C@H](CC(N)=O)NC(=O)[C@@H](N)CC(N)=O)C(=O)N1CCC[C@H]1C(=O)N[C@@H](CC(C)C)C(=O)O. The second-order valence-electron chi connectivity index (χ2n) is 13.9. The molecule has 320 valence electrons. The van der Waals surface area contributed by atoms with E-state index in [1.807, 2.05) is 0 Å². The topological polar surface area (TPSA) is 401 Å². The van der Waals surface area contributed by atoms with Crippen LogP contribution in [0.4, 0.5) is 0 Å². The van der Waals surface area contributed by atoms with Crippen molar-refractivity contribution in [3.63, 3.8) is 0 Å². The summed E-state index contributed by atoms with van der Waals surface area (Å²) in [5.41, 5.74) is 26.5. The number of hydrogen-bond acceptors (Lipinski definition) is 13. The number of carboxylic acid groups (broad SMARTS) is 1. The zero-order chi connectivity index (χ0) is 43.6. The molecule has 1 heterocycles. The van der Waals surface area contributed by atoms with E-state index in [2.05, 4.69) is 26.6 Å². The fourth-order valence-corrected chi connectivity index (χ4v) is 6.21. The van der Waals surface area contributed by atoms with Gasteiger partial charge >= 0.3 is 5.97 Å². The molecule has 0 aromatic carbocycles. The predicted octanol–water partition coefficient (Wildman–Crippen LogP) is -5.50. The largest absolute Gasteiger partial charge is 0.480 e. The lowest BCUT2D eigenvalue weighted by atomic mass is 10.0. The number of rotatable bonds is 26. The molecule has 1 fully saturated rings. The third kappa shape index (κ3) is 17.9. The number of hydrogen-bond donors (Lipinski definition) is 11. The summed E-state index contributed by atoms with van der Waals surface area (Å²) in [5, 5.41) is 21.2. The zero-order valence-electron chi connectivity index (χ0n) is 32.1. The number of carboxylic acids is 1. The fourth-order valence-electron chi connectivity index (χ4n) is 5.74. The van der Waals surface area contributed by atoms with E-state index in [-0.39, 0.29) is 31.7 Å². The van der Waals surface area contributed by atoms with E-state index in [1.54, 1.807) is 20.1 Å². The first-order valence-corrected chi connectivity index (χ1v) is 19.4. The van der Waals surface area contributed by atoms with Crippen molar-refractivity contribution < 1.29 is 57.8 Å². The molecular formula is C33H55N11O12S. The summed E-state index contributed by atoms with van der Waals surface area (Å²) in [6.45, 7) is 3.69. The predicted molar refractivity (Wildman–Crippen MR) is 202 cm³/mol. The standard InChI is InChI=1S/C33H55N11O12S/c1-15(2)11-21(33(55)56)43-31(53)22-5-4-9-44(22)32(54)18(8-10-57-3)40-30(52)20(14-26(38)48)42-28(50)17(6-7-23(35)45)39-29(51)19(13-25(37)47)41-27(49)16(34)12-24(36)46/h15-22H,4-14,34H2,1-3H3,(H2,35,45)(H2,36,46)(H2,37,47)(H2,38,48)(H,39,51)(H,40,52)(H,41,49)(H,42,50)(H,43,53)(H,55,56)/t16-,17-,18-,19-,20-,21-,22-/m0/s1.